The lowest BCUT2D eigenvalue weighted by molar-refractivity contribution is -0.141. The normalized spacial score (nSPS) is 20.8. The van der Waals surface area contributed by atoms with E-state index in [1.54, 1.807) is 7.05 Å². The van der Waals surface area contributed by atoms with E-state index >= 15 is 0 Å². The quantitative estimate of drug-likeness (QED) is 0.0168. The van der Waals surface area contributed by atoms with Crippen LogP contribution in [0.3, 0.4) is 0 Å². The number of urea groups is 5. The van der Waals surface area contributed by atoms with E-state index in [9.17, 15) is 110 Å². The van der Waals surface area contributed by atoms with Gasteiger partial charge in [0.25, 0.3) is 29.5 Å². The summed E-state index contributed by atoms with van der Waals surface area (Å²) in [5.41, 5.74) is 5.00. The van der Waals surface area contributed by atoms with Gasteiger partial charge in [-0.3, -0.25) is 92.1 Å². The molecule has 17 amide bonds. The molecule has 0 saturated carbocycles. The number of imide groups is 5. The summed E-state index contributed by atoms with van der Waals surface area (Å²) in [6.07, 6.45) is 4.14. The number of carbonyl (C=O) groups is 23. The van der Waals surface area contributed by atoms with Gasteiger partial charge in [0, 0.05) is 72.5 Å². The van der Waals surface area contributed by atoms with Gasteiger partial charge in [-0.25, -0.2) is 28.6 Å². The minimum absolute atomic E-state index is 0.0175. The Bertz CT molecular complexity index is 2910. The number of carbonyl (C=O) groups excluding carboxylic acids is 19. The van der Waals surface area contributed by atoms with Crippen LogP contribution in [0.2, 0.25) is 0 Å². The molecule has 0 spiro atoms. The first-order chi connectivity index (χ1) is 47.3. The van der Waals surface area contributed by atoms with Crippen molar-refractivity contribution >= 4 is 177 Å². The Morgan fingerprint density at radius 2 is 0.824 bits per heavy atom. The van der Waals surface area contributed by atoms with Gasteiger partial charge in [-0.15, -0.1) is 0 Å². The molecule has 0 aliphatic carbocycles. The van der Waals surface area contributed by atoms with Gasteiger partial charge in [0.15, 0.2) is 11.6 Å². The van der Waals surface area contributed by atoms with Crippen molar-refractivity contribution in [2.75, 3.05) is 26.9 Å². The van der Waals surface area contributed by atoms with E-state index in [1.165, 1.54) is 56.0 Å². The molecule has 7 heterocycles. The number of likely N-dealkylation sites (N-methyl/N-ethyl adjacent to an activating group) is 3. The van der Waals surface area contributed by atoms with Gasteiger partial charge in [-0.2, -0.15) is 12.6 Å². The molecule has 7 rings (SSSR count). The van der Waals surface area contributed by atoms with E-state index < -0.39 is 90.2 Å². The fraction of sp³-hybridized carbons (Fsp3) is 0.603. The number of carboxylic acids is 4. The first-order valence-corrected chi connectivity index (χ1v) is 33.1. The van der Waals surface area contributed by atoms with Crippen LogP contribution in [0.15, 0.2) is 0 Å². The van der Waals surface area contributed by atoms with Crippen LogP contribution in [0.4, 0.5) is 24.0 Å². The van der Waals surface area contributed by atoms with Gasteiger partial charge in [-0.05, 0) is 113 Å². The maximum atomic E-state index is 11.5. The Balaban J connectivity index is 0. The summed E-state index contributed by atoms with van der Waals surface area (Å²) in [6, 6.07) is -6.80. The minimum atomic E-state index is -1.17. The molecule has 40 nitrogen and oxygen atoms in total. The third-order valence-electron chi connectivity index (χ3n) is 14.2. The van der Waals surface area contributed by atoms with Crippen molar-refractivity contribution in [2.45, 2.75) is 199 Å². The SMILES string of the molecule is CC(=O)CCC1C(=O)N(C)C(=O)N1C.CC(=O)CCC1C(=O)N(P)C(=O)N1P.CC(=O)CCC1NC(=O)CC1=O.CC(=O)CCC1NC(=O)NC1=O.CCS.CN1C(=O)C(CCC=O)N(P)C1=O.NC(CCC(=O)O)C(=O)O.O=C(O)CCC1NC(=O)CC1=O.O=C(O)CCC1NC(=O)NC1=O. The van der Waals surface area contributed by atoms with E-state index in [1.807, 2.05) is 12.2 Å². The lowest BCUT2D eigenvalue weighted by Crippen LogP contribution is -2.31. The van der Waals surface area contributed by atoms with Gasteiger partial charge >= 0.3 is 54.0 Å². The summed E-state index contributed by atoms with van der Waals surface area (Å²) in [7, 11) is 10.9. The Morgan fingerprint density at radius 3 is 1.11 bits per heavy atom. The lowest BCUT2D eigenvalue weighted by Gasteiger charge is -2.14. The monoisotopic (exact) mass is 1530 g/mol. The summed E-state index contributed by atoms with van der Waals surface area (Å²) in [4.78, 5) is 250. The third-order valence-corrected chi connectivity index (χ3v) is 15.8. The second kappa shape index (κ2) is 48.6. The standard InChI is InChI=1S/C9H14N2O3.C8H11NO3.C7H12N2O3P2.C7H11N2O3P.C7H10N2O3.C7H9NO4.C6H8N2O4.C5H9NO4.C2H6S/c1-6(12)4-5-7-8(13)11(3)9(14)10(7)2;1-5(10)2-3-6-7(11)4-8(12)9-6;1-4(10)2-3-5-6(11)9(14)7(12)8(5)13;1-8-6(11)5(3-2-4-10)9(13)7(8)12;1-4(10)2-3-5-6(11)9-7(12)8-5;9-5-3-6(10)8-4(5)1-2-7(11)12;9-4(10)2-1-3-5(11)8-6(12)7-3;6-3(5(9)10)1-2-4(7)8;1-2-3/h7H,4-5H2,1-3H3;6H,2-4H2,1H3,(H,9,12);5H,2-3,13-14H2,1H3;4-5H,2-3,13H2,1H3;5H,2-3H2,1H3,(H2,8,9,11,12);4H,1-3H2,(H,8,10)(H,11,12);3H,1-2H2,(H,9,10)(H2,7,8,11,12);3H,1-2,6H2,(H,7,8)(H,9,10);3H,2H2,1H3. The summed E-state index contributed by atoms with van der Waals surface area (Å²) < 4.78 is 3.54. The number of aliphatic carboxylic acids is 4. The molecule has 570 valence electrons. The number of nitrogens with two attached hydrogens (primary N) is 1. The molecule has 0 radical (unpaired) electrons. The summed E-state index contributed by atoms with van der Waals surface area (Å²) in [5, 5.41) is 46.6. The van der Waals surface area contributed by atoms with Gasteiger partial charge in [0.1, 0.15) is 65.7 Å². The zero-order valence-corrected chi connectivity index (χ0v) is 61.6. The smallest absolute Gasteiger partial charge is 0.333 e. The number of nitrogens with zero attached hydrogens (tertiary/aromatic N) is 6. The molecule has 7 fully saturated rings. The van der Waals surface area contributed by atoms with Crippen molar-refractivity contribution in [1.29, 1.82) is 0 Å². The van der Waals surface area contributed by atoms with Crippen molar-refractivity contribution in [2.24, 2.45) is 5.73 Å². The molecule has 102 heavy (non-hydrogen) atoms. The number of hydrogen-bond acceptors (Lipinski definition) is 25. The Hall–Kier alpha value is -9.19. The molecule has 7 saturated heterocycles. The highest BCUT2D eigenvalue weighted by Crippen LogP contribution is 2.27. The van der Waals surface area contributed by atoms with Crippen molar-refractivity contribution < 1.29 is 131 Å². The van der Waals surface area contributed by atoms with Gasteiger partial charge in [0.2, 0.25) is 11.8 Å². The number of aldehydes is 1. The maximum absolute atomic E-state index is 11.5. The zero-order valence-electron chi connectivity index (χ0n) is 57.2. The molecule has 0 aromatic heterocycles. The van der Waals surface area contributed by atoms with Crippen LogP contribution in [0, 0.1) is 0 Å². The van der Waals surface area contributed by atoms with E-state index in [0.717, 1.165) is 26.5 Å². The number of amides is 17. The Labute approximate surface area is 597 Å². The molecule has 7 aliphatic rings. The van der Waals surface area contributed by atoms with Crippen LogP contribution < -0.4 is 37.6 Å². The minimum Gasteiger partial charge on any atom is -0.481 e. The molecule has 0 aromatic rings. The highest BCUT2D eigenvalue weighted by Gasteiger charge is 2.43. The van der Waals surface area contributed by atoms with Gasteiger partial charge < -0.3 is 76.3 Å². The number of carboxylic acid groups (broad SMARTS) is 4. The lowest BCUT2D eigenvalue weighted by atomic mass is 10.1. The van der Waals surface area contributed by atoms with Crippen molar-refractivity contribution in [1.82, 2.24) is 60.6 Å². The molecule has 0 aromatic carbocycles. The van der Waals surface area contributed by atoms with Crippen LogP contribution in [0.1, 0.15) is 150 Å². The molecule has 11 unspecified atom stereocenters. The van der Waals surface area contributed by atoms with Crippen molar-refractivity contribution in [3.8, 4) is 0 Å². The predicted octanol–water partition coefficient (Wildman–Crippen LogP) is -1.22. The predicted molar refractivity (Wildman–Crippen MR) is 365 cm³/mol. The fourth-order valence-corrected chi connectivity index (χ4v) is 9.90. The van der Waals surface area contributed by atoms with Gasteiger partial charge in [-0.1, -0.05) is 6.92 Å². The fourth-order valence-electron chi connectivity index (χ4n) is 8.61. The molecular formula is C58H90N13O27P3S. The second-order valence-corrected chi connectivity index (χ2v) is 24.9. The Kier molecular flexibility index (Phi) is 45.2. The van der Waals surface area contributed by atoms with E-state index in [-0.39, 0.29) is 140 Å². The van der Waals surface area contributed by atoms with E-state index in [2.05, 4.69) is 67.4 Å². The second-order valence-electron chi connectivity index (χ2n) is 22.6. The average Bonchev–Trinajstić information content (AvgIpc) is 1.68. The van der Waals surface area contributed by atoms with Crippen molar-refractivity contribution in [3.05, 3.63) is 0 Å². The topological polar surface area (TPSA) is 591 Å². The summed E-state index contributed by atoms with van der Waals surface area (Å²) >= 11 is 3.79. The van der Waals surface area contributed by atoms with Crippen LogP contribution in [-0.4, -0.2) is 261 Å². The molecule has 12 N–H and O–H groups in total. The first-order valence-electron chi connectivity index (χ1n) is 30.9. The molecule has 0 bridgehead atoms. The van der Waals surface area contributed by atoms with E-state index in [4.69, 9.17) is 26.2 Å². The number of ketones is 6. The zero-order chi connectivity index (χ0) is 79.2. The highest BCUT2D eigenvalue weighted by molar-refractivity contribution is 7.80. The van der Waals surface area contributed by atoms with Crippen LogP contribution in [0.5, 0.6) is 0 Å². The summed E-state index contributed by atoms with van der Waals surface area (Å²) in [6.45, 7) is 7.86. The third kappa shape index (κ3) is 36.4. The van der Waals surface area contributed by atoms with Crippen LogP contribution in [-0.2, 0) is 86.3 Å². The molecular weight excluding hydrogens is 1440 g/mol. The molecule has 11 atom stereocenters. The van der Waals surface area contributed by atoms with Crippen LogP contribution >= 0.6 is 40.8 Å². The molecule has 7 aliphatic heterocycles. The number of rotatable bonds is 25. The highest BCUT2D eigenvalue weighted by atomic mass is 32.1. The molecule has 44 heteroatoms. The Morgan fingerprint density at radius 1 is 0.490 bits per heavy atom. The number of thiol groups is 1. The average molecular weight is 1530 g/mol. The largest absolute Gasteiger partial charge is 0.481 e. The first kappa shape index (κ1) is 94.9. The number of nitrogens with one attached hydrogen (secondary N) is 6. The number of hydrogen-bond donors (Lipinski definition) is 12. The summed E-state index contributed by atoms with van der Waals surface area (Å²) in [5.74, 6) is -5.47. The number of Topliss-reactive ketones (excluding diaryl/α,β-unsaturated/α-hetero) is 6. The van der Waals surface area contributed by atoms with Gasteiger partial charge in [0.05, 0.1) is 24.9 Å². The van der Waals surface area contributed by atoms with E-state index in [0.29, 0.717) is 64.2 Å². The van der Waals surface area contributed by atoms with Crippen LogP contribution in [0.25, 0.3) is 0 Å². The maximum Gasteiger partial charge on any atom is 0.333 e. The van der Waals surface area contributed by atoms with Crippen molar-refractivity contribution in [3.63, 3.8) is 0 Å².